The Bertz CT molecular complexity index is 487. The number of carbonyl (C=O) groups is 2. The molecule has 0 bridgehead atoms. The second-order valence-corrected chi connectivity index (χ2v) is 4.94. The van der Waals surface area contributed by atoms with Crippen molar-refractivity contribution in [3.05, 3.63) is 33.8 Å². The number of carboxylic acid groups (broad SMARTS) is 1. The Balaban J connectivity index is 2.43. The van der Waals surface area contributed by atoms with Crippen molar-refractivity contribution in [3.8, 4) is 0 Å². The number of hydrogen-bond acceptors (Lipinski definition) is 2. The molecule has 1 heterocycles. The van der Waals surface area contributed by atoms with E-state index in [4.69, 9.17) is 5.11 Å². The Morgan fingerprint density at radius 1 is 1.47 bits per heavy atom. The quantitative estimate of drug-likeness (QED) is 0.860. The average molecular weight is 298 g/mol. The van der Waals surface area contributed by atoms with E-state index in [1.807, 2.05) is 18.2 Å². The maximum Gasteiger partial charge on any atom is 0.326 e. The molecule has 0 aliphatic carbocycles. The number of hydrogen-bond donors (Lipinski definition) is 1. The van der Waals surface area contributed by atoms with E-state index in [1.54, 1.807) is 0 Å². The van der Waals surface area contributed by atoms with Gasteiger partial charge in [0.25, 0.3) is 0 Å². The van der Waals surface area contributed by atoms with Gasteiger partial charge >= 0.3 is 5.97 Å². The topological polar surface area (TPSA) is 57.6 Å². The lowest BCUT2D eigenvalue weighted by Crippen LogP contribution is -2.47. The number of rotatable bonds is 1. The second kappa shape index (κ2) is 4.49. The van der Waals surface area contributed by atoms with E-state index in [0.717, 1.165) is 15.6 Å². The van der Waals surface area contributed by atoms with Crippen molar-refractivity contribution < 1.29 is 14.7 Å². The Morgan fingerprint density at radius 3 is 2.76 bits per heavy atom. The molecule has 0 saturated heterocycles. The molecular weight excluding hydrogens is 286 g/mol. The Kier molecular flexibility index (Phi) is 3.19. The van der Waals surface area contributed by atoms with Gasteiger partial charge in [-0.25, -0.2) is 4.79 Å². The van der Waals surface area contributed by atoms with Gasteiger partial charge in [-0.3, -0.25) is 4.79 Å². The van der Waals surface area contributed by atoms with E-state index in [9.17, 15) is 9.59 Å². The van der Waals surface area contributed by atoms with Crippen LogP contribution in [0.1, 0.15) is 18.1 Å². The van der Waals surface area contributed by atoms with Gasteiger partial charge in [-0.05, 0) is 17.2 Å². The molecule has 4 nitrogen and oxygen atoms in total. The molecular formula is C12H12BrNO3. The van der Waals surface area contributed by atoms with Gasteiger partial charge in [0, 0.05) is 24.4 Å². The zero-order valence-corrected chi connectivity index (χ0v) is 10.9. The minimum absolute atomic E-state index is 0.206. The monoisotopic (exact) mass is 297 g/mol. The molecule has 1 aromatic rings. The predicted molar refractivity (Wildman–Crippen MR) is 65.5 cm³/mol. The zero-order valence-electron chi connectivity index (χ0n) is 9.31. The van der Waals surface area contributed by atoms with E-state index in [2.05, 4.69) is 15.9 Å². The van der Waals surface area contributed by atoms with Gasteiger partial charge in [0.2, 0.25) is 5.91 Å². The number of fused-ring (bicyclic) bond motifs is 1. The van der Waals surface area contributed by atoms with Crippen LogP contribution < -0.4 is 0 Å². The van der Waals surface area contributed by atoms with Crippen LogP contribution in [0, 0.1) is 0 Å². The van der Waals surface area contributed by atoms with Gasteiger partial charge in [-0.1, -0.05) is 28.1 Å². The summed E-state index contributed by atoms with van der Waals surface area (Å²) >= 11 is 3.42. The molecule has 1 amide bonds. The number of nitrogens with zero attached hydrogens (tertiary/aromatic N) is 1. The molecule has 5 heteroatoms. The van der Waals surface area contributed by atoms with Gasteiger partial charge in [-0.2, -0.15) is 0 Å². The van der Waals surface area contributed by atoms with Crippen LogP contribution in [-0.4, -0.2) is 27.9 Å². The van der Waals surface area contributed by atoms with Crippen LogP contribution in [0.25, 0.3) is 0 Å². The van der Waals surface area contributed by atoms with Crippen LogP contribution in [0.4, 0.5) is 0 Å². The summed E-state index contributed by atoms with van der Waals surface area (Å²) in [6.45, 7) is 1.76. The molecule has 2 rings (SSSR count). The largest absolute Gasteiger partial charge is 0.480 e. The van der Waals surface area contributed by atoms with Crippen LogP contribution in [0.3, 0.4) is 0 Å². The summed E-state index contributed by atoms with van der Waals surface area (Å²) in [5, 5.41) is 9.16. The Labute approximate surface area is 107 Å². The number of aliphatic carboxylic acids is 1. The molecule has 0 fully saturated rings. The van der Waals surface area contributed by atoms with Crippen LogP contribution in [0.15, 0.2) is 22.7 Å². The average Bonchev–Trinajstić information content (AvgIpc) is 2.27. The molecule has 1 N–H and O–H groups in total. The summed E-state index contributed by atoms with van der Waals surface area (Å²) in [5.41, 5.74) is 1.99. The van der Waals surface area contributed by atoms with Gasteiger partial charge < -0.3 is 10.0 Å². The minimum atomic E-state index is -0.957. The maximum absolute atomic E-state index is 11.5. The standard InChI is InChI=1S/C12H12BrNO3/c1-7(15)14-6-8-3-2-4-10(13)9(8)5-11(14)12(16)17/h2-4,11H,5-6H2,1H3,(H,16,17). The highest BCUT2D eigenvalue weighted by Gasteiger charge is 2.33. The van der Waals surface area contributed by atoms with Crippen LogP contribution in [0.5, 0.6) is 0 Å². The molecule has 0 saturated carbocycles. The Morgan fingerprint density at radius 2 is 2.18 bits per heavy atom. The molecule has 0 radical (unpaired) electrons. The van der Waals surface area contributed by atoms with Crippen molar-refractivity contribution in [3.63, 3.8) is 0 Å². The van der Waals surface area contributed by atoms with Crippen molar-refractivity contribution in [2.24, 2.45) is 0 Å². The van der Waals surface area contributed by atoms with Crippen LogP contribution >= 0.6 is 15.9 Å². The molecule has 0 spiro atoms. The van der Waals surface area contributed by atoms with Crippen LogP contribution in [0.2, 0.25) is 0 Å². The second-order valence-electron chi connectivity index (χ2n) is 4.08. The number of carboxylic acids is 1. The zero-order chi connectivity index (χ0) is 12.6. The number of benzene rings is 1. The summed E-state index contributed by atoms with van der Waals surface area (Å²) in [7, 11) is 0. The minimum Gasteiger partial charge on any atom is -0.480 e. The Hall–Kier alpha value is -1.36. The summed E-state index contributed by atoms with van der Waals surface area (Å²) in [6, 6.07) is 4.94. The molecule has 90 valence electrons. The lowest BCUT2D eigenvalue weighted by atomic mass is 9.94. The SMILES string of the molecule is CC(=O)N1Cc2cccc(Br)c2CC1C(=O)O. The molecule has 1 atom stereocenters. The fraction of sp³-hybridized carbons (Fsp3) is 0.333. The van der Waals surface area contributed by atoms with Crippen molar-refractivity contribution in [1.29, 1.82) is 0 Å². The van der Waals surface area contributed by atoms with Gasteiger partial charge in [-0.15, -0.1) is 0 Å². The maximum atomic E-state index is 11.5. The highest BCUT2D eigenvalue weighted by atomic mass is 79.9. The first-order chi connectivity index (χ1) is 8.00. The van der Waals surface area contributed by atoms with Crippen molar-refractivity contribution >= 4 is 27.8 Å². The molecule has 1 aliphatic heterocycles. The van der Waals surface area contributed by atoms with Crippen LogP contribution in [-0.2, 0) is 22.6 Å². The number of carbonyl (C=O) groups excluding carboxylic acids is 1. The third-order valence-corrected chi connectivity index (χ3v) is 3.76. The van der Waals surface area contributed by atoms with E-state index in [0.29, 0.717) is 13.0 Å². The molecule has 1 unspecified atom stereocenters. The van der Waals surface area contributed by atoms with Crippen molar-refractivity contribution in [1.82, 2.24) is 4.90 Å². The molecule has 0 aromatic heterocycles. The summed E-state index contributed by atoms with van der Waals surface area (Å²) < 4.78 is 0.907. The summed E-state index contributed by atoms with van der Waals surface area (Å²) in [4.78, 5) is 24.0. The molecule has 17 heavy (non-hydrogen) atoms. The van der Waals surface area contributed by atoms with E-state index >= 15 is 0 Å². The summed E-state index contributed by atoms with van der Waals surface area (Å²) in [5.74, 6) is -1.16. The van der Waals surface area contributed by atoms with E-state index in [1.165, 1.54) is 11.8 Å². The fourth-order valence-corrected chi connectivity index (χ4v) is 2.70. The fourth-order valence-electron chi connectivity index (χ4n) is 2.13. The molecule has 1 aliphatic rings. The van der Waals surface area contributed by atoms with E-state index < -0.39 is 12.0 Å². The number of halogens is 1. The first-order valence-electron chi connectivity index (χ1n) is 5.27. The highest BCUT2D eigenvalue weighted by molar-refractivity contribution is 9.10. The predicted octanol–water partition coefficient (Wildman–Crippen LogP) is 1.81. The van der Waals surface area contributed by atoms with Gasteiger partial charge in [0.15, 0.2) is 0 Å². The third kappa shape index (κ3) is 2.20. The number of amides is 1. The lowest BCUT2D eigenvalue weighted by Gasteiger charge is -2.34. The normalized spacial score (nSPS) is 18.7. The van der Waals surface area contributed by atoms with Gasteiger partial charge in [0.1, 0.15) is 6.04 Å². The van der Waals surface area contributed by atoms with Crippen molar-refractivity contribution in [2.45, 2.75) is 25.9 Å². The third-order valence-electron chi connectivity index (χ3n) is 3.02. The van der Waals surface area contributed by atoms with Gasteiger partial charge in [0.05, 0.1) is 0 Å². The highest BCUT2D eigenvalue weighted by Crippen LogP contribution is 2.29. The first kappa shape index (κ1) is 12.1. The smallest absolute Gasteiger partial charge is 0.326 e. The van der Waals surface area contributed by atoms with E-state index in [-0.39, 0.29) is 5.91 Å². The molecule has 1 aromatic carbocycles. The lowest BCUT2D eigenvalue weighted by molar-refractivity contribution is -0.150. The first-order valence-corrected chi connectivity index (χ1v) is 6.06. The summed E-state index contributed by atoms with van der Waals surface area (Å²) in [6.07, 6.45) is 0.353. The van der Waals surface area contributed by atoms with Crippen molar-refractivity contribution in [2.75, 3.05) is 0 Å².